The average molecular weight is 254 g/mol. The Morgan fingerprint density at radius 3 is 2.88 bits per heavy atom. The van der Waals surface area contributed by atoms with Crippen LogP contribution in [0.25, 0.3) is 0 Å². The van der Waals surface area contributed by atoms with Crippen molar-refractivity contribution in [1.29, 1.82) is 0 Å². The Hall–Kier alpha value is -0.970. The van der Waals surface area contributed by atoms with Gasteiger partial charge in [0, 0.05) is 11.4 Å². The number of benzene rings is 1. The molecule has 1 aromatic carbocycles. The molecule has 1 heterocycles. The van der Waals surface area contributed by atoms with E-state index in [0.717, 1.165) is 27.0 Å². The molecule has 1 aromatic heterocycles. The van der Waals surface area contributed by atoms with Crippen molar-refractivity contribution >= 4 is 22.9 Å². The van der Waals surface area contributed by atoms with E-state index in [2.05, 4.69) is 10.2 Å². The third-order valence-electron chi connectivity index (χ3n) is 2.12. The van der Waals surface area contributed by atoms with Crippen LogP contribution >= 0.6 is 22.9 Å². The summed E-state index contributed by atoms with van der Waals surface area (Å²) >= 11 is 7.47. The summed E-state index contributed by atoms with van der Waals surface area (Å²) in [6.07, 6.45) is 0.755. The Morgan fingerprint density at radius 2 is 2.25 bits per heavy atom. The van der Waals surface area contributed by atoms with E-state index in [4.69, 9.17) is 17.3 Å². The molecule has 0 aliphatic rings. The molecule has 0 saturated heterocycles. The van der Waals surface area contributed by atoms with E-state index in [1.165, 1.54) is 0 Å². The van der Waals surface area contributed by atoms with Crippen molar-refractivity contribution in [3.63, 3.8) is 0 Å². The van der Waals surface area contributed by atoms with Crippen LogP contribution in [-0.2, 0) is 6.42 Å². The largest absolute Gasteiger partial charge is 0.322 e. The molecule has 2 aromatic rings. The standard InChI is InChI=1S/C11H12ClN3S/c1-7(13)11-15-14-10(16-11)6-8-3-2-4-9(12)5-8/h2-5,7H,6,13H2,1H3. The van der Waals surface area contributed by atoms with E-state index < -0.39 is 0 Å². The zero-order chi connectivity index (χ0) is 11.5. The van der Waals surface area contributed by atoms with Gasteiger partial charge in [0.2, 0.25) is 0 Å². The number of halogens is 1. The second-order valence-corrected chi connectivity index (χ2v) is 5.16. The molecular formula is C11H12ClN3S. The Kier molecular flexibility index (Phi) is 3.53. The smallest absolute Gasteiger partial charge is 0.133 e. The first-order chi connectivity index (χ1) is 7.65. The van der Waals surface area contributed by atoms with Gasteiger partial charge in [-0.3, -0.25) is 0 Å². The van der Waals surface area contributed by atoms with Crippen LogP contribution in [0.4, 0.5) is 0 Å². The van der Waals surface area contributed by atoms with E-state index in [1.54, 1.807) is 11.3 Å². The summed E-state index contributed by atoms with van der Waals surface area (Å²) in [6.45, 7) is 1.91. The number of hydrogen-bond acceptors (Lipinski definition) is 4. The Labute approximate surface area is 103 Å². The van der Waals surface area contributed by atoms with Crippen LogP contribution in [0.3, 0.4) is 0 Å². The zero-order valence-corrected chi connectivity index (χ0v) is 10.4. The summed E-state index contributed by atoms with van der Waals surface area (Å²) in [7, 11) is 0. The highest BCUT2D eigenvalue weighted by Crippen LogP contribution is 2.20. The van der Waals surface area contributed by atoms with Crippen molar-refractivity contribution in [1.82, 2.24) is 10.2 Å². The lowest BCUT2D eigenvalue weighted by atomic mass is 10.2. The number of nitrogens with two attached hydrogens (primary N) is 1. The van der Waals surface area contributed by atoms with Gasteiger partial charge in [0.25, 0.3) is 0 Å². The first-order valence-electron chi connectivity index (χ1n) is 4.97. The minimum absolute atomic E-state index is 0.0504. The lowest BCUT2D eigenvalue weighted by Crippen LogP contribution is -2.03. The number of aromatic nitrogens is 2. The van der Waals surface area contributed by atoms with Gasteiger partial charge in [0.05, 0.1) is 6.04 Å². The molecule has 0 amide bonds. The van der Waals surface area contributed by atoms with Gasteiger partial charge in [-0.2, -0.15) is 0 Å². The average Bonchev–Trinajstić information content (AvgIpc) is 2.66. The van der Waals surface area contributed by atoms with Gasteiger partial charge in [-0.15, -0.1) is 10.2 Å². The van der Waals surface area contributed by atoms with Crippen LogP contribution in [0.2, 0.25) is 5.02 Å². The Balaban J connectivity index is 2.14. The minimum Gasteiger partial charge on any atom is -0.322 e. The quantitative estimate of drug-likeness (QED) is 0.915. The highest BCUT2D eigenvalue weighted by Gasteiger charge is 2.08. The fourth-order valence-electron chi connectivity index (χ4n) is 1.34. The molecule has 0 radical (unpaired) electrons. The van der Waals surface area contributed by atoms with Gasteiger partial charge in [-0.25, -0.2) is 0 Å². The summed E-state index contributed by atoms with van der Waals surface area (Å²) in [6, 6.07) is 7.71. The zero-order valence-electron chi connectivity index (χ0n) is 8.85. The molecule has 84 valence electrons. The summed E-state index contributed by atoms with van der Waals surface area (Å²) in [4.78, 5) is 0. The Bertz CT molecular complexity index is 482. The topological polar surface area (TPSA) is 51.8 Å². The van der Waals surface area contributed by atoms with Gasteiger partial charge >= 0.3 is 0 Å². The van der Waals surface area contributed by atoms with Crippen molar-refractivity contribution in [3.05, 3.63) is 44.9 Å². The van der Waals surface area contributed by atoms with E-state index in [9.17, 15) is 0 Å². The monoisotopic (exact) mass is 253 g/mol. The van der Waals surface area contributed by atoms with Gasteiger partial charge in [0.15, 0.2) is 0 Å². The maximum Gasteiger partial charge on any atom is 0.133 e. The first-order valence-corrected chi connectivity index (χ1v) is 6.17. The van der Waals surface area contributed by atoms with Crippen molar-refractivity contribution in [2.24, 2.45) is 5.73 Å². The summed E-state index contributed by atoms with van der Waals surface area (Å²) in [5.74, 6) is 0. The highest BCUT2D eigenvalue weighted by atomic mass is 35.5. The summed E-state index contributed by atoms with van der Waals surface area (Å²) < 4.78 is 0. The highest BCUT2D eigenvalue weighted by molar-refractivity contribution is 7.11. The van der Waals surface area contributed by atoms with Gasteiger partial charge < -0.3 is 5.73 Å². The summed E-state index contributed by atoms with van der Waals surface area (Å²) in [5.41, 5.74) is 6.87. The normalized spacial score (nSPS) is 12.7. The minimum atomic E-state index is -0.0504. The van der Waals surface area contributed by atoms with E-state index in [-0.39, 0.29) is 6.04 Å². The van der Waals surface area contributed by atoms with Crippen LogP contribution in [0.15, 0.2) is 24.3 Å². The molecule has 3 nitrogen and oxygen atoms in total. The molecule has 16 heavy (non-hydrogen) atoms. The number of nitrogens with zero attached hydrogens (tertiary/aromatic N) is 2. The second-order valence-electron chi connectivity index (χ2n) is 3.63. The Morgan fingerprint density at radius 1 is 1.44 bits per heavy atom. The van der Waals surface area contributed by atoms with Crippen LogP contribution in [-0.4, -0.2) is 10.2 Å². The van der Waals surface area contributed by atoms with E-state index in [0.29, 0.717) is 0 Å². The lowest BCUT2D eigenvalue weighted by molar-refractivity contribution is 0.782. The molecule has 1 unspecified atom stereocenters. The third-order valence-corrected chi connectivity index (χ3v) is 3.48. The molecule has 0 fully saturated rings. The lowest BCUT2D eigenvalue weighted by Gasteiger charge is -1.98. The molecule has 0 aliphatic carbocycles. The molecule has 0 saturated carbocycles. The molecule has 0 bridgehead atoms. The maximum atomic E-state index is 5.91. The molecule has 5 heteroatoms. The van der Waals surface area contributed by atoms with Crippen LogP contribution < -0.4 is 5.73 Å². The predicted octanol–water partition coefficient (Wildman–Crippen LogP) is 2.80. The molecule has 0 aliphatic heterocycles. The van der Waals surface area contributed by atoms with Crippen LogP contribution in [0, 0.1) is 0 Å². The SMILES string of the molecule is CC(N)c1nnc(Cc2cccc(Cl)c2)s1. The van der Waals surface area contributed by atoms with Gasteiger partial charge in [-0.1, -0.05) is 35.1 Å². The fourth-order valence-corrected chi connectivity index (χ4v) is 2.39. The summed E-state index contributed by atoms with van der Waals surface area (Å²) in [5, 5.41) is 10.7. The second kappa shape index (κ2) is 4.91. The van der Waals surface area contributed by atoms with Crippen molar-refractivity contribution in [3.8, 4) is 0 Å². The third kappa shape index (κ3) is 2.78. The van der Waals surface area contributed by atoms with E-state index >= 15 is 0 Å². The van der Waals surface area contributed by atoms with E-state index in [1.807, 2.05) is 31.2 Å². The maximum absolute atomic E-state index is 5.91. The van der Waals surface area contributed by atoms with Gasteiger partial charge in [0.1, 0.15) is 10.0 Å². The molecule has 2 N–H and O–H groups in total. The van der Waals surface area contributed by atoms with Crippen LogP contribution in [0.5, 0.6) is 0 Å². The van der Waals surface area contributed by atoms with Crippen molar-refractivity contribution in [2.45, 2.75) is 19.4 Å². The van der Waals surface area contributed by atoms with Crippen molar-refractivity contribution in [2.75, 3.05) is 0 Å². The molecule has 2 rings (SSSR count). The number of rotatable bonds is 3. The first kappa shape index (κ1) is 11.5. The number of hydrogen-bond donors (Lipinski definition) is 1. The van der Waals surface area contributed by atoms with Gasteiger partial charge in [-0.05, 0) is 24.6 Å². The molecular weight excluding hydrogens is 242 g/mol. The van der Waals surface area contributed by atoms with Crippen molar-refractivity contribution < 1.29 is 0 Å². The van der Waals surface area contributed by atoms with Crippen LogP contribution in [0.1, 0.15) is 28.5 Å². The fraction of sp³-hybridized carbons (Fsp3) is 0.273. The molecule has 1 atom stereocenters. The predicted molar refractivity (Wildman–Crippen MR) is 66.8 cm³/mol. The molecule has 0 spiro atoms.